The summed E-state index contributed by atoms with van der Waals surface area (Å²) < 4.78 is 21.0. The lowest BCUT2D eigenvalue weighted by molar-refractivity contribution is 0.355. The van der Waals surface area contributed by atoms with Crippen molar-refractivity contribution in [3.8, 4) is 23.0 Å². The summed E-state index contributed by atoms with van der Waals surface area (Å²) in [6.45, 7) is 15.0. The van der Waals surface area contributed by atoms with Gasteiger partial charge in [-0.05, 0) is 35.4 Å². The van der Waals surface area contributed by atoms with E-state index in [1.807, 2.05) is 0 Å². The Morgan fingerprint density at radius 1 is 0.643 bits per heavy atom. The Labute approximate surface area is 164 Å². The van der Waals surface area contributed by atoms with Crippen LogP contribution < -0.4 is 18.9 Å². The summed E-state index contributed by atoms with van der Waals surface area (Å²) in [5.74, 6) is 2.29. The molecule has 0 radical (unpaired) electrons. The molecular weight excluding hydrogens is 356 g/mol. The van der Waals surface area contributed by atoms with Crippen LogP contribution in [0.25, 0.3) is 21.8 Å². The zero-order valence-corrected chi connectivity index (χ0v) is 16.1. The van der Waals surface area contributed by atoms with E-state index in [0.717, 1.165) is 11.1 Å². The number of nitrogens with zero attached hydrogens (tertiary/aromatic N) is 2. The maximum absolute atomic E-state index is 7.50. The molecule has 0 heterocycles. The van der Waals surface area contributed by atoms with Gasteiger partial charge < -0.3 is 18.9 Å². The Kier molecular flexibility index (Phi) is 7.07. The van der Waals surface area contributed by atoms with E-state index in [0.29, 0.717) is 23.0 Å². The maximum atomic E-state index is 7.50. The van der Waals surface area contributed by atoms with Gasteiger partial charge >= 0.3 is 0 Å². The molecule has 6 heteroatoms. The highest BCUT2D eigenvalue weighted by Gasteiger charge is 2.10. The number of hydrogen-bond acceptors (Lipinski definition) is 4. The molecule has 28 heavy (non-hydrogen) atoms. The van der Waals surface area contributed by atoms with Crippen molar-refractivity contribution in [1.82, 2.24) is 0 Å². The smallest absolute Gasteiger partial charge is 0.195 e. The first kappa shape index (κ1) is 20.4. The van der Waals surface area contributed by atoms with Crippen molar-refractivity contribution in [2.24, 2.45) is 0 Å². The predicted molar refractivity (Wildman–Crippen MR) is 108 cm³/mol. The average Bonchev–Trinajstić information content (AvgIpc) is 2.75. The third kappa shape index (κ3) is 4.63. The minimum absolute atomic E-state index is 0.219. The van der Waals surface area contributed by atoms with E-state index < -0.39 is 0 Å². The summed E-state index contributed by atoms with van der Waals surface area (Å²) in [4.78, 5) is 7.05. The van der Waals surface area contributed by atoms with Gasteiger partial charge in [0.1, 0.15) is 0 Å². The van der Waals surface area contributed by atoms with Crippen LogP contribution in [0.3, 0.4) is 0 Å². The molecule has 0 bridgehead atoms. The van der Waals surface area contributed by atoms with Crippen molar-refractivity contribution >= 4 is 12.2 Å². The monoisotopic (exact) mass is 376 g/mol. The number of hydrogen-bond donors (Lipinski definition) is 0. The lowest BCUT2D eigenvalue weighted by Crippen LogP contribution is -1.91. The van der Waals surface area contributed by atoms with Crippen LogP contribution in [0, 0.1) is 13.1 Å². The van der Waals surface area contributed by atoms with Gasteiger partial charge in [0.25, 0.3) is 0 Å². The van der Waals surface area contributed by atoms with Crippen LogP contribution in [0.4, 0.5) is 0 Å². The molecule has 0 amide bonds. The summed E-state index contributed by atoms with van der Waals surface area (Å²) in [6, 6.07) is 10.6. The fourth-order valence-corrected chi connectivity index (χ4v) is 2.53. The molecule has 0 aliphatic heterocycles. The molecule has 0 unspecified atom stereocenters. The molecule has 6 nitrogen and oxygen atoms in total. The van der Waals surface area contributed by atoms with Gasteiger partial charge in [-0.15, -0.1) is 0 Å². The predicted octanol–water partition coefficient (Wildman–Crippen LogP) is 4.94. The Bertz CT molecular complexity index is 913. The van der Waals surface area contributed by atoms with Crippen LogP contribution in [-0.2, 0) is 0 Å². The summed E-state index contributed by atoms with van der Waals surface area (Å²) in [5.41, 5.74) is 1.89. The molecule has 0 spiro atoms. The van der Waals surface area contributed by atoms with Crippen LogP contribution in [0.2, 0.25) is 0 Å². The number of ether oxygens (including phenoxy) is 4. The highest BCUT2D eigenvalue weighted by atomic mass is 16.5. The van der Waals surface area contributed by atoms with E-state index >= 15 is 0 Å². The van der Waals surface area contributed by atoms with E-state index in [1.165, 1.54) is 0 Å². The van der Waals surface area contributed by atoms with E-state index in [2.05, 4.69) is 9.69 Å². The second kappa shape index (κ2) is 9.70. The van der Waals surface area contributed by atoms with Crippen molar-refractivity contribution in [2.75, 3.05) is 28.4 Å². The van der Waals surface area contributed by atoms with Crippen LogP contribution in [-0.4, -0.2) is 28.4 Å². The van der Waals surface area contributed by atoms with Crippen LogP contribution >= 0.6 is 0 Å². The lowest BCUT2D eigenvalue weighted by Gasteiger charge is -2.09. The fraction of sp³-hybridized carbons (Fsp3) is 0.182. The molecule has 0 aliphatic rings. The molecule has 2 rings (SSSR count). The number of benzene rings is 2. The van der Waals surface area contributed by atoms with Crippen LogP contribution in [0.5, 0.6) is 23.0 Å². The maximum Gasteiger partial charge on any atom is 0.195 e. The first-order valence-corrected chi connectivity index (χ1v) is 8.22. The minimum Gasteiger partial charge on any atom is -0.493 e. The summed E-state index contributed by atoms with van der Waals surface area (Å²) in [7, 11) is 6.20. The van der Waals surface area contributed by atoms with E-state index in [-0.39, 0.29) is 11.4 Å². The van der Waals surface area contributed by atoms with E-state index in [9.17, 15) is 0 Å². The van der Waals surface area contributed by atoms with Gasteiger partial charge in [-0.2, -0.15) is 0 Å². The first-order chi connectivity index (χ1) is 13.6. The fourth-order valence-electron chi connectivity index (χ4n) is 2.53. The Balaban J connectivity index is 2.46. The first-order valence-electron chi connectivity index (χ1n) is 8.22. The van der Waals surface area contributed by atoms with E-state index in [4.69, 9.17) is 32.1 Å². The highest BCUT2D eigenvalue weighted by molar-refractivity contribution is 5.71. The third-order valence-electron chi connectivity index (χ3n) is 3.93. The van der Waals surface area contributed by atoms with Gasteiger partial charge in [-0.3, -0.25) is 9.69 Å². The summed E-state index contributed by atoms with van der Waals surface area (Å²) >= 11 is 0. The molecule has 0 aromatic heterocycles. The summed E-state index contributed by atoms with van der Waals surface area (Å²) in [6.07, 6.45) is 3.28. The molecule has 0 N–H and O–H groups in total. The largest absolute Gasteiger partial charge is 0.493 e. The van der Waals surface area contributed by atoms with Crippen molar-refractivity contribution in [3.63, 3.8) is 0 Å². The van der Waals surface area contributed by atoms with Gasteiger partial charge in [0.2, 0.25) is 0 Å². The topological polar surface area (TPSA) is 45.6 Å². The molecule has 0 atom stereocenters. The second-order valence-electron chi connectivity index (χ2n) is 5.51. The molecule has 0 fully saturated rings. The van der Waals surface area contributed by atoms with Gasteiger partial charge in [0.15, 0.2) is 34.4 Å². The Morgan fingerprint density at radius 2 is 1.00 bits per heavy atom. The second-order valence-corrected chi connectivity index (χ2v) is 5.51. The number of rotatable bonds is 7. The van der Waals surface area contributed by atoms with Gasteiger partial charge in [0, 0.05) is 0 Å². The van der Waals surface area contributed by atoms with Gasteiger partial charge in [-0.1, -0.05) is 24.3 Å². The van der Waals surface area contributed by atoms with E-state index in [1.54, 1.807) is 77.0 Å². The van der Waals surface area contributed by atoms with Crippen molar-refractivity contribution < 1.29 is 18.9 Å². The minimum atomic E-state index is 0.219. The van der Waals surface area contributed by atoms with Crippen molar-refractivity contribution in [2.45, 2.75) is 0 Å². The standard InChI is InChI=1S/C22H20N2O4/c1-23-17(11-15-7-9-19(25-3)21(13-15)27-5)18(24-2)12-16-8-10-20(26-4)22(14-16)28-6/h7-14H,3-6H3/b17-11-,18-12-. The molecule has 0 aliphatic carbocycles. The quantitative estimate of drug-likeness (QED) is 0.507. The summed E-state index contributed by atoms with van der Waals surface area (Å²) in [5, 5.41) is 0. The molecule has 2 aromatic rings. The molecule has 142 valence electrons. The average molecular weight is 376 g/mol. The van der Waals surface area contributed by atoms with Gasteiger partial charge in [0.05, 0.1) is 41.6 Å². The van der Waals surface area contributed by atoms with Gasteiger partial charge in [-0.25, -0.2) is 0 Å². The van der Waals surface area contributed by atoms with Crippen LogP contribution in [0.15, 0.2) is 47.8 Å². The lowest BCUT2D eigenvalue weighted by atomic mass is 10.1. The molecule has 0 saturated heterocycles. The molecule has 0 saturated carbocycles. The van der Waals surface area contributed by atoms with Crippen molar-refractivity contribution in [3.05, 3.63) is 81.8 Å². The Hall–Kier alpha value is -3.90. The normalized spacial score (nSPS) is 11.2. The molecular formula is C22H20N2O4. The third-order valence-corrected chi connectivity index (χ3v) is 3.93. The number of methoxy groups -OCH3 is 4. The Morgan fingerprint density at radius 3 is 1.29 bits per heavy atom. The highest BCUT2D eigenvalue weighted by Crippen LogP contribution is 2.31. The zero-order valence-electron chi connectivity index (χ0n) is 16.1. The SMILES string of the molecule is [C-]#[N+]C(=C\c1ccc(OC)c(OC)c1)/C(=C/c1ccc(OC)c(OC)c1)[N+]#[C-]. The van der Waals surface area contributed by atoms with Crippen LogP contribution in [0.1, 0.15) is 11.1 Å². The molecule has 2 aromatic carbocycles. The van der Waals surface area contributed by atoms with Crippen molar-refractivity contribution in [1.29, 1.82) is 0 Å². The zero-order chi connectivity index (χ0) is 20.5.